The van der Waals surface area contributed by atoms with Crippen molar-refractivity contribution in [2.24, 2.45) is 0 Å². The number of likely N-dealkylation sites (tertiary alicyclic amines) is 1. The number of hydrogen-bond donors (Lipinski definition) is 1. The van der Waals surface area contributed by atoms with Gasteiger partial charge in [-0.15, -0.1) is 6.58 Å². The highest BCUT2D eigenvalue weighted by Gasteiger charge is 2.66. The molecule has 2 heterocycles. The summed E-state index contributed by atoms with van der Waals surface area (Å²) in [5.41, 5.74) is -0.697. The zero-order chi connectivity index (χ0) is 25.2. The number of amides is 2. The molecule has 1 saturated heterocycles. The zero-order valence-corrected chi connectivity index (χ0v) is 19.8. The molecule has 0 aromatic heterocycles. The second kappa shape index (κ2) is 9.76. The number of nitrogens with zero attached hydrogens (tertiary/aromatic N) is 2. The van der Waals surface area contributed by atoms with Crippen LogP contribution in [0.5, 0.6) is 5.75 Å². The van der Waals surface area contributed by atoms with Crippen molar-refractivity contribution < 1.29 is 29.0 Å². The minimum absolute atomic E-state index is 0.0977. The van der Waals surface area contributed by atoms with Crippen LogP contribution in [0, 0.1) is 0 Å². The molecule has 4 rings (SSSR count). The smallest absolute Gasteiger partial charge is 0.296 e. The highest BCUT2D eigenvalue weighted by Crippen LogP contribution is 2.53. The van der Waals surface area contributed by atoms with Gasteiger partial charge in [-0.1, -0.05) is 24.3 Å². The van der Waals surface area contributed by atoms with Gasteiger partial charge < -0.3 is 24.4 Å². The van der Waals surface area contributed by atoms with Crippen LogP contribution in [0.25, 0.3) is 5.76 Å². The molecule has 2 aromatic rings. The number of carbonyl (C=O) groups excluding carboxylic acids is 3. The van der Waals surface area contributed by atoms with Crippen LogP contribution in [0.3, 0.4) is 0 Å². The lowest BCUT2D eigenvalue weighted by Gasteiger charge is -2.34. The van der Waals surface area contributed by atoms with E-state index in [0.717, 1.165) is 0 Å². The van der Waals surface area contributed by atoms with Gasteiger partial charge in [-0.25, -0.2) is 0 Å². The summed E-state index contributed by atoms with van der Waals surface area (Å²) in [5.74, 6) is -2.04. The van der Waals surface area contributed by atoms with E-state index in [1.807, 2.05) is 6.92 Å². The summed E-state index contributed by atoms with van der Waals surface area (Å²) < 4.78 is 10.6. The molecule has 0 unspecified atom stereocenters. The Kier molecular flexibility index (Phi) is 6.75. The minimum atomic E-state index is -1.79. The Labute approximate surface area is 204 Å². The monoisotopic (exact) mass is 476 g/mol. The summed E-state index contributed by atoms with van der Waals surface area (Å²) in [5, 5.41) is 11.4. The maximum Gasteiger partial charge on any atom is 0.296 e. The van der Waals surface area contributed by atoms with E-state index in [-0.39, 0.29) is 18.7 Å². The topological polar surface area (TPSA) is 96.4 Å². The normalized spacial score (nSPS) is 20.6. The van der Waals surface area contributed by atoms with Gasteiger partial charge in [0.2, 0.25) is 0 Å². The third kappa shape index (κ3) is 3.70. The minimum Gasteiger partial charge on any atom is -0.507 e. The average Bonchev–Trinajstić information content (AvgIpc) is 3.24. The van der Waals surface area contributed by atoms with Gasteiger partial charge in [-0.3, -0.25) is 14.4 Å². The van der Waals surface area contributed by atoms with Crippen molar-refractivity contribution in [3.63, 3.8) is 0 Å². The summed E-state index contributed by atoms with van der Waals surface area (Å²) in [7, 11) is 1.54. The molecule has 1 spiro atoms. The van der Waals surface area contributed by atoms with Crippen LogP contribution in [0.2, 0.25) is 0 Å². The molecule has 2 aliphatic heterocycles. The number of methoxy groups -OCH3 is 1. The largest absolute Gasteiger partial charge is 0.507 e. The molecule has 0 aliphatic carbocycles. The lowest BCUT2D eigenvalue weighted by Crippen LogP contribution is -2.52. The van der Waals surface area contributed by atoms with Crippen LogP contribution in [0.15, 0.2) is 66.8 Å². The number of hydrogen-bond acceptors (Lipinski definition) is 6. The fourth-order valence-corrected chi connectivity index (χ4v) is 4.86. The van der Waals surface area contributed by atoms with E-state index in [4.69, 9.17) is 9.47 Å². The van der Waals surface area contributed by atoms with Gasteiger partial charge in [-0.2, -0.15) is 0 Å². The summed E-state index contributed by atoms with van der Waals surface area (Å²) in [6.45, 7) is 6.70. The summed E-state index contributed by atoms with van der Waals surface area (Å²) in [4.78, 5) is 43.7. The predicted molar refractivity (Wildman–Crippen MR) is 131 cm³/mol. The quantitative estimate of drug-likeness (QED) is 0.196. The van der Waals surface area contributed by atoms with Crippen molar-refractivity contribution in [1.82, 2.24) is 4.90 Å². The number of carbonyl (C=O) groups is 3. The van der Waals surface area contributed by atoms with E-state index in [1.54, 1.807) is 54.6 Å². The number of aliphatic hydroxyl groups excluding tert-OH is 1. The molecule has 35 heavy (non-hydrogen) atoms. The molecule has 0 bridgehead atoms. The van der Waals surface area contributed by atoms with Crippen molar-refractivity contribution in [3.05, 3.63) is 77.9 Å². The molecule has 8 heteroatoms. The van der Waals surface area contributed by atoms with Gasteiger partial charge in [0, 0.05) is 37.9 Å². The maximum atomic E-state index is 14.1. The van der Waals surface area contributed by atoms with Crippen LogP contribution in [0.4, 0.5) is 5.69 Å². The summed E-state index contributed by atoms with van der Waals surface area (Å²) >= 11 is 0. The number of fused-ring (bicyclic) bond motifs is 2. The van der Waals surface area contributed by atoms with Gasteiger partial charge in [-0.05, 0) is 43.7 Å². The average molecular weight is 477 g/mol. The van der Waals surface area contributed by atoms with Crippen LogP contribution < -0.4 is 9.64 Å². The number of para-hydroxylation sites is 1. The van der Waals surface area contributed by atoms with Crippen LogP contribution in [0.1, 0.15) is 24.5 Å². The van der Waals surface area contributed by atoms with Gasteiger partial charge >= 0.3 is 0 Å². The molecule has 2 amide bonds. The molecule has 0 saturated carbocycles. The van der Waals surface area contributed by atoms with Crippen molar-refractivity contribution in [3.8, 4) is 5.75 Å². The van der Waals surface area contributed by atoms with Crippen molar-refractivity contribution in [2.75, 3.05) is 38.3 Å². The van der Waals surface area contributed by atoms with E-state index in [1.165, 1.54) is 16.9 Å². The Morgan fingerprint density at radius 1 is 1.11 bits per heavy atom. The van der Waals surface area contributed by atoms with Crippen LogP contribution >= 0.6 is 0 Å². The summed E-state index contributed by atoms with van der Waals surface area (Å²) in [6, 6.07) is 13.5. The van der Waals surface area contributed by atoms with Crippen molar-refractivity contribution in [2.45, 2.75) is 18.9 Å². The maximum absolute atomic E-state index is 14.1. The van der Waals surface area contributed by atoms with E-state index >= 15 is 0 Å². The second-order valence-corrected chi connectivity index (χ2v) is 8.25. The first-order valence-electron chi connectivity index (χ1n) is 11.5. The molecule has 2 aliphatic rings. The Morgan fingerprint density at radius 2 is 1.83 bits per heavy atom. The fourth-order valence-electron chi connectivity index (χ4n) is 4.86. The number of ketones is 1. The van der Waals surface area contributed by atoms with E-state index in [9.17, 15) is 19.5 Å². The first-order valence-corrected chi connectivity index (χ1v) is 11.5. The van der Waals surface area contributed by atoms with Crippen LogP contribution in [-0.2, 0) is 24.7 Å². The Hall–Kier alpha value is -3.91. The Morgan fingerprint density at radius 3 is 2.49 bits per heavy atom. The first-order chi connectivity index (χ1) is 16.9. The third-order valence-corrected chi connectivity index (χ3v) is 6.29. The standard InChI is InChI=1S/C27H28N2O6/c1-4-15-28-21-10-7-6-9-20(21)27(26(28)33)22(24(31)25(32)29(27)16-8-17-34-3)23(30)18-11-13-19(14-12-18)35-5-2/h4,6-7,9-14,30H,1,5,8,15-17H2,2-3H3/t27-/m0/s1. The van der Waals surface area contributed by atoms with Crippen molar-refractivity contribution in [1.29, 1.82) is 0 Å². The molecule has 1 N–H and O–H groups in total. The number of anilines is 1. The molecule has 0 radical (unpaired) electrons. The molecule has 1 fully saturated rings. The third-order valence-electron chi connectivity index (χ3n) is 6.29. The molecular formula is C27H28N2O6. The number of aliphatic hydroxyl groups is 1. The van der Waals surface area contributed by atoms with Gasteiger partial charge in [0.15, 0.2) is 5.54 Å². The van der Waals surface area contributed by atoms with E-state index in [2.05, 4.69) is 6.58 Å². The van der Waals surface area contributed by atoms with Gasteiger partial charge in [0.25, 0.3) is 17.6 Å². The van der Waals surface area contributed by atoms with Gasteiger partial charge in [0.1, 0.15) is 11.5 Å². The number of benzene rings is 2. The number of ether oxygens (including phenoxy) is 2. The molecular weight excluding hydrogens is 448 g/mol. The Bertz CT molecular complexity index is 1200. The number of rotatable bonds is 9. The zero-order valence-electron chi connectivity index (χ0n) is 19.8. The summed E-state index contributed by atoms with van der Waals surface area (Å²) in [6.07, 6.45) is 1.99. The molecule has 1 atom stereocenters. The van der Waals surface area contributed by atoms with Gasteiger partial charge in [0.05, 0.1) is 17.9 Å². The van der Waals surface area contributed by atoms with E-state index in [0.29, 0.717) is 42.2 Å². The first kappa shape index (κ1) is 24.2. The van der Waals surface area contributed by atoms with E-state index < -0.39 is 28.9 Å². The fraction of sp³-hybridized carbons (Fsp3) is 0.296. The molecule has 2 aromatic carbocycles. The second-order valence-electron chi connectivity index (χ2n) is 8.25. The van der Waals surface area contributed by atoms with Crippen molar-refractivity contribution >= 4 is 29.0 Å². The SMILES string of the molecule is C=CCN1C(=O)[C@@]2(C(=C(O)c3ccc(OCC)cc3)C(=O)C(=O)N2CCCOC)c2ccccc21. The molecule has 8 nitrogen and oxygen atoms in total. The predicted octanol–water partition coefficient (Wildman–Crippen LogP) is 3.23. The van der Waals surface area contributed by atoms with Crippen LogP contribution in [-0.4, -0.2) is 61.0 Å². The highest BCUT2D eigenvalue weighted by atomic mass is 16.5. The number of Topliss-reactive ketones (excluding diaryl/α,β-unsaturated/α-hetero) is 1. The highest BCUT2D eigenvalue weighted by molar-refractivity contribution is 6.50. The lowest BCUT2D eigenvalue weighted by atomic mass is 9.82. The lowest BCUT2D eigenvalue weighted by molar-refractivity contribution is -0.143. The Balaban J connectivity index is 1.97. The molecule has 182 valence electrons.